The lowest BCUT2D eigenvalue weighted by molar-refractivity contribution is -0.274. The second kappa shape index (κ2) is 5.48. The summed E-state index contributed by atoms with van der Waals surface area (Å²) in [5, 5.41) is 10.4. The molecule has 0 spiro atoms. The maximum Gasteiger partial charge on any atom is 0.573 e. The lowest BCUT2D eigenvalue weighted by Crippen LogP contribution is -2.17. The summed E-state index contributed by atoms with van der Waals surface area (Å²) in [5.41, 5.74) is 0.840. The summed E-state index contributed by atoms with van der Waals surface area (Å²) in [6.45, 7) is 0. The van der Waals surface area contributed by atoms with Gasteiger partial charge in [-0.3, -0.25) is 0 Å². The molecule has 0 fully saturated rings. The molecule has 3 rings (SSSR count). The lowest BCUT2D eigenvalue weighted by Gasteiger charge is -2.11. The minimum absolute atomic E-state index is 0.0427. The smallest absolute Gasteiger partial charge is 0.406 e. The van der Waals surface area contributed by atoms with E-state index in [2.05, 4.69) is 15.0 Å². The van der Waals surface area contributed by atoms with Gasteiger partial charge in [-0.2, -0.15) is 10.2 Å². The van der Waals surface area contributed by atoms with Crippen LogP contribution in [0.15, 0.2) is 52.0 Å². The Balaban J connectivity index is 1.67. The molecule has 7 heteroatoms. The fourth-order valence-corrected chi connectivity index (χ4v) is 2.99. The highest BCUT2D eigenvalue weighted by molar-refractivity contribution is 7.10. The van der Waals surface area contributed by atoms with E-state index in [1.165, 1.54) is 12.1 Å². The van der Waals surface area contributed by atoms with Crippen molar-refractivity contribution in [2.45, 2.75) is 24.9 Å². The number of benzene rings is 1. The van der Waals surface area contributed by atoms with Crippen molar-refractivity contribution in [1.82, 2.24) is 0 Å². The van der Waals surface area contributed by atoms with E-state index in [1.807, 2.05) is 17.5 Å². The van der Waals surface area contributed by atoms with Crippen LogP contribution < -0.4 is 4.74 Å². The molecular weight excluding hydrogens is 301 g/mol. The van der Waals surface area contributed by atoms with Crippen LogP contribution in [0.3, 0.4) is 0 Å². The number of azo groups is 1. The lowest BCUT2D eigenvalue weighted by atomic mass is 10.0. The van der Waals surface area contributed by atoms with Crippen LogP contribution in [0.1, 0.15) is 28.9 Å². The molecule has 110 valence electrons. The number of thiophene rings is 1. The number of nitrogens with zero attached hydrogens (tertiary/aromatic N) is 2. The van der Waals surface area contributed by atoms with Crippen molar-refractivity contribution in [3.8, 4) is 5.75 Å². The highest BCUT2D eigenvalue weighted by atomic mass is 32.1. The molecule has 2 unspecified atom stereocenters. The van der Waals surface area contributed by atoms with Gasteiger partial charge in [0.15, 0.2) is 0 Å². The van der Waals surface area contributed by atoms with Crippen LogP contribution in [-0.4, -0.2) is 6.36 Å². The average Bonchev–Trinajstić information content (AvgIpc) is 3.09. The monoisotopic (exact) mass is 312 g/mol. The van der Waals surface area contributed by atoms with E-state index >= 15 is 0 Å². The summed E-state index contributed by atoms with van der Waals surface area (Å²) in [6.07, 6.45) is -3.93. The number of alkyl halides is 3. The van der Waals surface area contributed by atoms with Crippen molar-refractivity contribution in [3.63, 3.8) is 0 Å². The first-order valence-electron chi connectivity index (χ1n) is 6.30. The Labute approximate surface area is 123 Å². The predicted octanol–water partition coefficient (Wildman–Crippen LogP) is 5.29. The molecule has 2 aromatic rings. The number of hydrogen-bond acceptors (Lipinski definition) is 4. The summed E-state index contributed by atoms with van der Waals surface area (Å²) < 4.78 is 40.1. The summed E-state index contributed by atoms with van der Waals surface area (Å²) in [5.74, 6) is -0.226. The number of halogens is 3. The second-order valence-corrected chi connectivity index (χ2v) is 5.61. The Morgan fingerprint density at radius 3 is 2.38 bits per heavy atom. The van der Waals surface area contributed by atoms with Crippen molar-refractivity contribution in [2.75, 3.05) is 0 Å². The van der Waals surface area contributed by atoms with Gasteiger partial charge in [-0.15, -0.1) is 24.5 Å². The number of hydrogen-bond donors (Lipinski definition) is 0. The molecule has 3 nitrogen and oxygen atoms in total. The second-order valence-electron chi connectivity index (χ2n) is 4.63. The van der Waals surface area contributed by atoms with E-state index < -0.39 is 6.36 Å². The Hall–Kier alpha value is -1.89. The molecule has 0 aliphatic carbocycles. The minimum Gasteiger partial charge on any atom is -0.406 e. The molecule has 0 amide bonds. The largest absolute Gasteiger partial charge is 0.573 e. The maximum absolute atomic E-state index is 12.1. The van der Waals surface area contributed by atoms with Gasteiger partial charge in [-0.05, 0) is 29.1 Å². The minimum atomic E-state index is -4.67. The fraction of sp³-hybridized carbons (Fsp3) is 0.286. The molecule has 1 aromatic carbocycles. The molecule has 0 saturated heterocycles. The van der Waals surface area contributed by atoms with Crippen molar-refractivity contribution in [2.24, 2.45) is 10.2 Å². The van der Waals surface area contributed by atoms with Crippen LogP contribution in [0.4, 0.5) is 13.2 Å². The Kier molecular flexibility index (Phi) is 3.67. The summed E-state index contributed by atoms with van der Waals surface area (Å²) in [4.78, 5) is 1.15. The third kappa shape index (κ3) is 3.41. The van der Waals surface area contributed by atoms with Gasteiger partial charge >= 0.3 is 6.36 Å². The molecule has 0 saturated carbocycles. The average molecular weight is 312 g/mol. The molecule has 1 aromatic heterocycles. The van der Waals surface area contributed by atoms with Crippen LogP contribution in [0.2, 0.25) is 0 Å². The van der Waals surface area contributed by atoms with E-state index in [0.717, 1.165) is 16.9 Å². The summed E-state index contributed by atoms with van der Waals surface area (Å²) >= 11 is 1.63. The van der Waals surface area contributed by atoms with Gasteiger partial charge in [0, 0.05) is 11.3 Å². The molecule has 2 heterocycles. The molecule has 2 atom stereocenters. The zero-order valence-electron chi connectivity index (χ0n) is 10.7. The molecule has 0 N–H and O–H groups in total. The zero-order chi connectivity index (χ0) is 14.9. The van der Waals surface area contributed by atoms with Crippen molar-refractivity contribution in [1.29, 1.82) is 0 Å². The predicted molar refractivity (Wildman–Crippen MR) is 72.4 cm³/mol. The van der Waals surface area contributed by atoms with Crippen LogP contribution in [0.5, 0.6) is 5.75 Å². The molecule has 0 bridgehead atoms. The Bertz CT molecular complexity index is 623. The summed E-state index contributed by atoms with van der Waals surface area (Å²) in [6, 6.07) is 9.71. The Morgan fingerprint density at radius 1 is 1.05 bits per heavy atom. The van der Waals surface area contributed by atoms with Gasteiger partial charge < -0.3 is 4.74 Å². The quantitative estimate of drug-likeness (QED) is 0.758. The van der Waals surface area contributed by atoms with E-state index in [9.17, 15) is 13.2 Å². The third-order valence-corrected chi connectivity index (χ3v) is 4.14. The van der Waals surface area contributed by atoms with Crippen molar-refractivity contribution >= 4 is 11.3 Å². The maximum atomic E-state index is 12.1. The van der Waals surface area contributed by atoms with E-state index in [0.29, 0.717) is 0 Å². The topological polar surface area (TPSA) is 34.0 Å². The van der Waals surface area contributed by atoms with Gasteiger partial charge in [0.05, 0.1) is 6.04 Å². The van der Waals surface area contributed by atoms with Gasteiger partial charge in [0.1, 0.15) is 11.8 Å². The molecule has 1 aliphatic rings. The molecule has 21 heavy (non-hydrogen) atoms. The highest BCUT2D eigenvalue weighted by Crippen LogP contribution is 2.40. The zero-order valence-corrected chi connectivity index (χ0v) is 11.6. The normalized spacial score (nSPS) is 21.7. The van der Waals surface area contributed by atoms with Crippen LogP contribution in [-0.2, 0) is 0 Å². The van der Waals surface area contributed by atoms with E-state index in [4.69, 9.17) is 0 Å². The van der Waals surface area contributed by atoms with E-state index in [-0.39, 0.29) is 17.8 Å². The third-order valence-electron chi connectivity index (χ3n) is 3.16. The highest BCUT2D eigenvalue weighted by Gasteiger charge is 2.31. The first-order valence-corrected chi connectivity index (χ1v) is 7.18. The van der Waals surface area contributed by atoms with Crippen molar-refractivity contribution < 1.29 is 17.9 Å². The van der Waals surface area contributed by atoms with Gasteiger partial charge in [0.2, 0.25) is 0 Å². The molecular formula is C14H11F3N2OS. The first-order chi connectivity index (χ1) is 10.0. The summed E-state index contributed by atoms with van der Waals surface area (Å²) in [7, 11) is 0. The Morgan fingerprint density at radius 2 is 1.76 bits per heavy atom. The standard InChI is InChI=1S/C14H11F3N2OS/c15-14(16,17)20-10-5-3-9(4-6-10)11-8-12(19-18-11)13-2-1-7-21-13/h1-7,11-12H,8H2. The molecule has 1 aliphatic heterocycles. The van der Waals surface area contributed by atoms with Gasteiger partial charge in [0.25, 0.3) is 0 Å². The fourth-order valence-electron chi connectivity index (χ4n) is 2.22. The van der Waals surface area contributed by atoms with Gasteiger partial charge in [-0.25, -0.2) is 0 Å². The SMILES string of the molecule is FC(F)(F)Oc1ccc(C2CC(c3cccs3)N=N2)cc1. The van der Waals surface area contributed by atoms with Crippen molar-refractivity contribution in [3.05, 3.63) is 52.2 Å². The van der Waals surface area contributed by atoms with E-state index in [1.54, 1.807) is 23.5 Å². The van der Waals surface area contributed by atoms with Crippen LogP contribution in [0.25, 0.3) is 0 Å². The van der Waals surface area contributed by atoms with Crippen LogP contribution >= 0.6 is 11.3 Å². The number of rotatable bonds is 3. The van der Waals surface area contributed by atoms with Gasteiger partial charge in [-0.1, -0.05) is 18.2 Å². The molecule has 0 radical (unpaired) electrons. The number of ether oxygens (including phenoxy) is 1. The van der Waals surface area contributed by atoms with Crippen LogP contribution in [0, 0.1) is 0 Å². The first kappa shape index (κ1) is 14.1.